The Morgan fingerprint density at radius 1 is 0.955 bits per heavy atom. The minimum atomic E-state index is -3.90. The number of nitrogens with one attached hydrogen (secondary N) is 3. The van der Waals surface area contributed by atoms with Crippen molar-refractivity contribution in [1.82, 2.24) is 33.9 Å². The van der Waals surface area contributed by atoms with Crippen LogP contribution in [0.25, 0.3) is 31.9 Å². The summed E-state index contributed by atoms with van der Waals surface area (Å²) in [6.45, 7) is 9.48. The number of carbonyl (C=O) groups is 2. The van der Waals surface area contributed by atoms with Crippen molar-refractivity contribution in [3.05, 3.63) is 86.6 Å². The van der Waals surface area contributed by atoms with Crippen LogP contribution in [-0.2, 0) is 69.8 Å². The number of amides is 2. The molecule has 0 saturated carbocycles. The van der Waals surface area contributed by atoms with E-state index in [1.54, 1.807) is 44.2 Å². The zero-order valence-corrected chi connectivity index (χ0v) is 39.4. The monoisotopic (exact) mass is 1000 g/mol. The minimum absolute atomic E-state index is 0.0211. The maximum Gasteiger partial charge on any atom is 0.328 e. The van der Waals surface area contributed by atoms with E-state index in [1.165, 1.54) is 24.3 Å². The summed E-state index contributed by atoms with van der Waals surface area (Å²) < 4.78 is 63.4. The molecule has 3 aliphatic rings. The molecule has 348 valence electrons. The van der Waals surface area contributed by atoms with Crippen molar-refractivity contribution in [2.75, 3.05) is 57.3 Å². The van der Waals surface area contributed by atoms with Crippen LogP contribution < -0.4 is 16.2 Å². The number of methoxy groups -OCH3 is 1. The zero-order valence-electron chi connectivity index (χ0n) is 35.2. The fourth-order valence-electron chi connectivity index (χ4n) is 7.13. The molecule has 2 amide bonds. The number of H-pyrrole nitrogens is 1. The van der Waals surface area contributed by atoms with Crippen molar-refractivity contribution in [3.63, 3.8) is 0 Å². The van der Waals surface area contributed by atoms with E-state index < -0.39 is 73.7 Å². The Balaban J connectivity index is 1.13. The van der Waals surface area contributed by atoms with Gasteiger partial charge in [0.05, 0.1) is 36.6 Å². The van der Waals surface area contributed by atoms with Crippen LogP contribution in [0.2, 0.25) is 0 Å². The van der Waals surface area contributed by atoms with Gasteiger partial charge in [-0.3, -0.25) is 33.8 Å². The molecule has 28 heteroatoms. The molecule has 8 rings (SSSR count). The van der Waals surface area contributed by atoms with Gasteiger partial charge in [0.25, 0.3) is 11.5 Å². The number of hydrogen-bond acceptors (Lipinski definition) is 20. The van der Waals surface area contributed by atoms with Crippen LogP contribution in [0, 0.1) is 19.1 Å². The second-order valence-electron chi connectivity index (χ2n) is 15.0. The number of aromatic amines is 1. The average molecular weight is 1000 g/mol. The number of aromatic nitrogens is 7. The van der Waals surface area contributed by atoms with Gasteiger partial charge in [-0.25, -0.2) is 28.1 Å². The summed E-state index contributed by atoms with van der Waals surface area (Å²) >= 11 is 13.2. The second kappa shape index (κ2) is 20.7. The lowest BCUT2D eigenvalue weighted by Crippen LogP contribution is -2.37. The van der Waals surface area contributed by atoms with E-state index >= 15 is 0 Å². The molecule has 9 atom stereocenters. The largest absolute Gasteiger partial charge is 0.376 e. The molecule has 7 heterocycles. The third kappa shape index (κ3) is 10.4. The molecule has 1 aromatic carbocycles. The van der Waals surface area contributed by atoms with Crippen molar-refractivity contribution in [2.24, 2.45) is 5.92 Å². The van der Waals surface area contributed by atoms with Gasteiger partial charge in [0.1, 0.15) is 55.0 Å². The van der Waals surface area contributed by atoms with E-state index in [0.717, 1.165) is 11.5 Å². The van der Waals surface area contributed by atoms with Crippen LogP contribution in [0.5, 0.6) is 0 Å². The number of nitrogens with zero attached hydrogens (tertiary/aromatic N) is 8. The van der Waals surface area contributed by atoms with Crippen molar-refractivity contribution < 1.29 is 50.9 Å². The molecule has 3 N–H and O–H groups in total. The first-order chi connectivity index (χ1) is 31.8. The molecule has 4 aromatic heterocycles. The van der Waals surface area contributed by atoms with Crippen LogP contribution >= 0.6 is 25.0 Å². The van der Waals surface area contributed by atoms with E-state index in [1.807, 2.05) is 0 Å². The molecule has 66 heavy (non-hydrogen) atoms. The van der Waals surface area contributed by atoms with Gasteiger partial charge >= 0.3 is 13.4 Å². The molecule has 2 unspecified atom stereocenters. The van der Waals surface area contributed by atoms with Crippen LogP contribution in [0.3, 0.4) is 0 Å². The van der Waals surface area contributed by atoms with Crippen molar-refractivity contribution in [1.29, 1.82) is 0 Å². The minimum Gasteiger partial charge on any atom is -0.376 e. The van der Waals surface area contributed by atoms with Gasteiger partial charge in [0, 0.05) is 25.0 Å². The van der Waals surface area contributed by atoms with E-state index in [0.29, 0.717) is 21.5 Å². The third-order valence-corrected chi connectivity index (χ3v) is 16.0. The highest BCUT2D eigenvalue weighted by molar-refractivity contribution is 8.07. The number of benzene rings is 1. The molecule has 0 radical (unpaired) electrons. The topological polar surface area (TPSA) is 252 Å². The Bertz CT molecular complexity index is 2840. The van der Waals surface area contributed by atoms with Crippen LogP contribution in [0.1, 0.15) is 47.8 Å². The molecule has 2 bridgehead atoms. The standard InChI is InChI=1S/C38H41N11O12P2S3/c1-20(2)34(50)46-38-45-33-28(36(52)47-38)43-19-49(33)37-30-29(53-5)25(59-37)17-57-62(64,54-13-11-39-3)60-22-15-23(58-24(22)16-56-63(65,61-30)55-14-12-40-4)31-26-27(48-66-31)32(42-18-41-26)44-35(51)21-9-7-6-8-10-21/h6-10,18-20,22-25,29-30,37H,11-17H2,1-2,5H3,(H,41,42,44,51)(H2,45,46,47,50,52)/t22-,23+,24+,25+,29+,30+,37+,62?,63?/m0/s1. The first kappa shape index (κ1) is 47.9. The number of rotatable bonds is 13. The van der Waals surface area contributed by atoms with E-state index in [4.69, 9.17) is 78.1 Å². The molecule has 23 nitrogen and oxygen atoms in total. The Hall–Kier alpha value is -4.60. The van der Waals surface area contributed by atoms with Crippen molar-refractivity contribution in [3.8, 4) is 0 Å². The Labute approximate surface area is 390 Å². The van der Waals surface area contributed by atoms with Gasteiger partial charge < -0.3 is 51.8 Å². The molecular formula is C38H41N11O12P2S3. The smallest absolute Gasteiger partial charge is 0.328 e. The fraction of sp³-hybridized carbons (Fsp3) is 0.474. The van der Waals surface area contributed by atoms with Gasteiger partial charge in [-0.05, 0) is 47.3 Å². The number of anilines is 2. The molecule has 3 fully saturated rings. The lowest BCUT2D eigenvalue weighted by molar-refractivity contribution is -0.118. The molecule has 3 saturated heterocycles. The number of carbonyl (C=O) groups excluding carboxylic acids is 2. The van der Waals surface area contributed by atoms with Gasteiger partial charge in [-0.1, -0.05) is 32.0 Å². The third-order valence-electron chi connectivity index (χ3n) is 10.3. The number of ether oxygens (including phenoxy) is 3. The summed E-state index contributed by atoms with van der Waals surface area (Å²) in [6.07, 6.45) is -4.05. The number of imidazole rings is 1. The summed E-state index contributed by atoms with van der Waals surface area (Å²) in [4.78, 5) is 66.4. The summed E-state index contributed by atoms with van der Waals surface area (Å²) in [5.41, 5.74) is 0.519. The van der Waals surface area contributed by atoms with E-state index in [9.17, 15) is 14.4 Å². The molecular weight excluding hydrogens is 961 g/mol. The normalized spacial score (nSPS) is 27.9. The predicted molar refractivity (Wildman–Crippen MR) is 243 cm³/mol. The summed E-state index contributed by atoms with van der Waals surface area (Å²) in [7, 11) is 1.42. The highest BCUT2D eigenvalue weighted by Gasteiger charge is 2.52. The van der Waals surface area contributed by atoms with E-state index in [-0.39, 0.29) is 74.8 Å². The lowest BCUT2D eigenvalue weighted by atomic mass is 10.1. The van der Waals surface area contributed by atoms with Crippen LogP contribution in [0.4, 0.5) is 11.8 Å². The summed E-state index contributed by atoms with van der Waals surface area (Å²) in [5, 5.41) is 5.42. The quantitative estimate of drug-likeness (QED) is 0.0802. The first-order valence-electron chi connectivity index (χ1n) is 20.2. The van der Waals surface area contributed by atoms with Crippen molar-refractivity contribution >= 4 is 94.4 Å². The second-order valence-corrected chi connectivity index (χ2v) is 21.7. The fourth-order valence-corrected chi connectivity index (χ4v) is 12.2. The van der Waals surface area contributed by atoms with Gasteiger partial charge in [0.15, 0.2) is 23.2 Å². The Morgan fingerprint density at radius 2 is 1.67 bits per heavy atom. The first-order valence-corrected chi connectivity index (χ1v) is 26.1. The molecule has 3 aliphatic heterocycles. The zero-order chi connectivity index (χ0) is 46.6. The van der Waals surface area contributed by atoms with E-state index in [2.05, 4.69) is 49.6 Å². The molecule has 0 aliphatic carbocycles. The Kier molecular flexibility index (Phi) is 15.0. The van der Waals surface area contributed by atoms with Crippen molar-refractivity contribution in [2.45, 2.75) is 63.1 Å². The van der Waals surface area contributed by atoms with Crippen LogP contribution in [-0.4, -0.2) is 123 Å². The highest BCUT2D eigenvalue weighted by Crippen LogP contribution is 2.58. The molecule has 5 aromatic rings. The molecule has 0 spiro atoms. The summed E-state index contributed by atoms with van der Waals surface area (Å²) in [6, 6.07) is 8.66. The average Bonchev–Trinajstić information content (AvgIpc) is 4.10. The SMILES string of the molecule is [C-]#[N+]CCOP1(=S)OC[C@H]2O[C@@H](c3snc4c(NC(=O)c5ccccc5)ncnc34)C[C@@H]2OP(=S)(OCC[N+]#[C-])OC[C@H]2O[C@@H](n3cnc4c(=O)[nH]c(NC(=O)C(C)C)nc43)[C@H](O1)[C@@H]2OC. The maximum absolute atomic E-state index is 13.2. The number of fused-ring (bicyclic) bond motifs is 5. The van der Waals surface area contributed by atoms with Crippen LogP contribution in [0.15, 0.2) is 47.8 Å². The summed E-state index contributed by atoms with van der Waals surface area (Å²) in [5.74, 6) is -1.11. The lowest BCUT2D eigenvalue weighted by Gasteiger charge is -2.30. The number of hydrogen-bond donors (Lipinski definition) is 3. The Morgan fingerprint density at radius 3 is 2.36 bits per heavy atom. The van der Waals surface area contributed by atoms with Gasteiger partial charge in [-0.15, -0.1) is 0 Å². The van der Waals surface area contributed by atoms with Gasteiger partial charge in [-0.2, -0.15) is 9.36 Å². The maximum atomic E-state index is 13.2. The highest BCUT2D eigenvalue weighted by atomic mass is 32.5. The predicted octanol–water partition coefficient (Wildman–Crippen LogP) is 4.95. The van der Waals surface area contributed by atoms with Gasteiger partial charge in [0.2, 0.25) is 24.9 Å².